The topological polar surface area (TPSA) is 59.0 Å². The highest BCUT2D eigenvalue weighted by atomic mass is 16.6. The van der Waals surface area contributed by atoms with Crippen LogP contribution < -0.4 is 0 Å². The summed E-state index contributed by atoms with van der Waals surface area (Å²) in [6, 6.07) is 18.3. The van der Waals surface area contributed by atoms with E-state index in [1.165, 1.54) is 5.56 Å². The van der Waals surface area contributed by atoms with E-state index in [1.54, 1.807) is 4.90 Å². The van der Waals surface area contributed by atoms with Gasteiger partial charge in [0.2, 0.25) is 0 Å². The first-order valence-corrected chi connectivity index (χ1v) is 10.7. The first kappa shape index (κ1) is 20.9. The van der Waals surface area contributed by atoms with Crippen molar-refractivity contribution in [3.8, 4) is 11.1 Å². The summed E-state index contributed by atoms with van der Waals surface area (Å²) < 4.78 is 11.3. The van der Waals surface area contributed by atoms with Gasteiger partial charge in [0.05, 0.1) is 30.9 Å². The van der Waals surface area contributed by atoms with E-state index < -0.39 is 11.2 Å². The van der Waals surface area contributed by atoms with Crippen LogP contribution in [0, 0.1) is 0 Å². The van der Waals surface area contributed by atoms with Crippen LogP contribution in [0.15, 0.2) is 54.6 Å². The highest BCUT2D eigenvalue weighted by Gasteiger charge is 2.49. The molecule has 0 spiro atoms. The van der Waals surface area contributed by atoms with Crippen molar-refractivity contribution >= 4 is 6.09 Å². The van der Waals surface area contributed by atoms with E-state index in [4.69, 9.17) is 9.47 Å². The average molecular weight is 410 g/mol. The summed E-state index contributed by atoms with van der Waals surface area (Å²) in [4.78, 5) is 14.5. The van der Waals surface area contributed by atoms with Gasteiger partial charge in [0.1, 0.15) is 5.60 Å². The van der Waals surface area contributed by atoms with E-state index in [0.29, 0.717) is 32.5 Å². The number of piperidine rings is 1. The predicted molar refractivity (Wildman–Crippen MR) is 116 cm³/mol. The van der Waals surface area contributed by atoms with Gasteiger partial charge in [-0.3, -0.25) is 4.90 Å². The third-order valence-corrected chi connectivity index (χ3v) is 5.84. The summed E-state index contributed by atoms with van der Waals surface area (Å²) in [5, 5.41) is 11.4. The molecule has 0 saturated carbocycles. The Kier molecular flexibility index (Phi) is 5.60. The van der Waals surface area contributed by atoms with Gasteiger partial charge in [0.25, 0.3) is 0 Å². The minimum absolute atomic E-state index is 0.166. The summed E-state index contributed by atoms with van der Waals surface area (Å²) in [5.74, 6) is 0. The van der Waals surface area contributed by atoms with Crippen molar-refractivity contribution in [2.75, 3.05) is 13.2 Å². The van der Waals surface area contributed by atoms with Gasteiger partial charge in [-0.2, -0.15) is 0 Å². The van der Waals surface area contributed by atoms with Gasteiger partial charge < -0.3 is 14.6 Å². The van der Waals surface area contributed by atoms with Gasteiger partial charge in [0.15, 0.2) is 0 Å². The predicted octanol–water partition coefficient (Wildman–Crippen LogP) is 4.43. The zero-order valence-electron chi connectivity index (χ0n) is 18.0. The lowest BCUT2D eigenvalue weighted by atomic mass is 9.77. The number of rotatable bonds is 3. The molecule has 4 rings (SSSR count). The molecular formula is C25H31NO4. The number of morpholine rings is 1. The van der Waals surface area contributed by atoms with Crippen molar-refractivity contribution in [1.29, 1.82) is 0 Å². The summed E-state index contributed by atoms with van der Waals surface area (Å²) in [6.07, 6.45) is 1.24. The lowest BCUT2D eigenvalue weighted by Gasteiger charge is -2.51. The molecule has 160 valence electrons. The van der Waals surface area contributed by atoms with Crippen LogP contribution in [-0.2, 0) is 15.9 Å². The normalized spacial score (nSPS) is 26.3. The Morgan fingerprint density at radius 2 is 1.60 bits per heavy atom. The average Bonchev–Trinajstić information content (AvgIpc) is 2.67. The van der Waals surface area contributed by atoms with Crippen molar-refractivity contribution < 1.29 is 19.4 Å². The number of carbonyl (C=O) groups excluding carboxylic acids is 1. The molecule has 5 nitrogen and oxygen atoms in total. The molecule has 0 aromatic heterocycles. The maximum atomic E-state index is 12.7. The van der Waals surface area contributed by atoms with Crippen LogP contribution in [0.1, 0.15) is 39.2 Å². The molecule has 5 heteroatoms. The largest absolute Gasteiger partial charge is 0.444 e. The Morgan fingerprint density at radius 1 is 1.03 bits per heavy atom. The molecule has 2 aliphatic heterocycles. The van der Waals surface area contributed by atoms with Gasteiger partial charge in [-0.15, -0.1) is 0 Å². The molecule has 0 radical (unpaired) electrons. The van der Waals surface area contributed by atoms with Gasteiger partial charge in [-0.25, -0.2) is 4.79 Å². The van der Waals surface area contributed by atoms with E-state index in [2.05, 4.69) is 36.4 Å². The summed E-state index contributed by atoms with van der Waals surface area (Å²) in [5.41, 5.74) is 2.05. The monoisotopic (exact) mass is 409 g/mol. The SMILES string of the molecule is CC(C)(C)OC(=O)N1C2COCC1CC(O)(Cc1ccc(-c3ccccc3)cc1)C2. The lowest BCUT2D eigenvalue weighted by Crippen LogP contribution is -2.64. The Labute approximate surface area is 178 Å². The molecule has 1 N–H and O–H groups in total. The zero-order valence-corrected chi connectivity index (χ0v) is 18.0. The molecule has 2 aliphatic rings. The van der Waals surface area contributed by atoms with Gasteiger partial charge in [-0.1, -0.05) is 54.6 Å². The summed E-state index contributed by atoms with van der Waals surface area (Å²) >= 11 is 0. The molecule has 1 amide bonds. The lowest BCUT2D eigenvalue weighted by molar-refractivity contribution is -0.137. The van der Waals surface area contributed by atoms with Crippen LogP contribution in [0.2, 0.25) is 0 Å². The van der Waals surface area contributed by atoms with Crippen LogP contribution in [-0.4, -0.2) is 52.6 Å². The van der Waals surface area contributed by atoms with Gasteiger partial charge in [-0.05, 0) is 50.3 Å². The third kappa shape index (κ3) is 4.68. The van der Waals surface area contributed by atoms with Gasteiger partial charge in [0, 0.05) is 6.42 Å². The Morgan fingerprint density at radius 3 is 2.17 bits per heavy atom. The highest BCUT2D eigenvalue weighted by Crippen LogP contribution is 2.37. The maximum Gasteiger partial charge on any atom is 0.410 e. The minimum atomic E-state index is -0.855. The molecule has 30 heavy (non-hydrogen) atoms. The molecular weight excluding hydrogens is 378 g/mol. The molecule has 2 aromatic rings. The number of amides is 1. The zero-order chi connectivity index (χ0) is 21.4. The van der Waals surface area contributed by atoms with E-state index in [9.17, 15) is 9.90 Å². The quantitative estimate of drug-likeness (QED) is 0.815. The van der Waals surface area contributed by atoms with Crippen molar-refractivity contribution in [2.45, 2.75) is 63.3 Å². The molecule has 2 saturated heterocycles. The summed E-state index contributed by atoms with van der Waals surface area (Å²) in [7, 11) is 0. The van der Waals surface area contributed by atoms with Crippen molar-refractivity contribution in [3.05, 3.63) is 60.2 Å². The smallest absolute Gasteiger partial charge is 0.410 e. The van der Waals surface area contributed by atoms with E-state index in [1.807, 2.05) is 39.0 Å². The molecule has 2 heterocycles. The number of carbonyl (C=O) groups is 1. The molecule has 0 aliphatic carbocycles. The van der Waals surface area contributed by atoms with Crippen molar-refractivity contribution in [3.63, 3.8) is 0 Å². The van der Waals surface area contributed by atoms with Gasteiger partial charge >= 0.3 is 6.09 Å². The Hall–Kier alpha value is -2.37. The fourth-order valence-corrected chi connectivity index (χ4v) is 4.66. The second-order valence-corrected chi connectivity index (χ2v) is 9.61. The summed E-state index contributed by atoms with van der Waals surface area (Å²) in [6.45, 7) is 6.49. The van der Waals surface area contributed by atoms with E-state index >= 15 is 0 Å². The Bertz CT molecular complexity index is 858. The molecule has 2 bridgehead atoms. The van der Waals surface area contributed by atoms with Crippen LogP contribution in [0.25, 0.3) is 11.1 Å². The molecule has 2 fully saturated rings. The Balaban J connectivity index is 1.46. The first-order chi connectivity index (χ1) is 14.2. The number of aliphatic hydroxyl groups is 1. The number of hydrogen-bond donors (Lipinski definition) is 1. The van der Waals surface area contributed by atoms with E-state index in [0.717, 1.165) is 11.1 Å². The first-order valence-electron chi connectivity index (χ1n) is 10.7. The number of hydrogen-bond acceptors (Lipinski definition) is 4. The van der Waals surface area contributed by atoms with Crippen LogP contribution >= 0.6 is 0 Å². The number of nitrogens with zero attached hydrogens (tertiary/aromatic N) is 1. The number of fused-ring (bicyclic) bond motifs is 2. The van der Waals surface area contributed by atoms with Crippen LogP contribution in [0.3, 0.4) is 0 Å². The highest BCUT2D eigenvalue weighted by molar-refractivity contribution is 5.69. The molecule has 2 unspecified atom stereocenters. The van der Waals surface area contributed by atoms with Crippen LogP contribution in [0.4, 0.5) is 4.79 Å². The fourth-order valence-electron chi connectivity index (χ4n) is 4.66. The number of ether oxygens (including phenoxy) is 2. The molecule has 2 atom stereocenters. The van der Waals surface area contributed by atoms with Crippen LogP contribution in [0.5, 0.6) is 0 Å². The second kappa shape index (κ2) is 8.05. The number of benzene rings is 2. The molecule has 2 aromatic carbocycles. The standard InChI is InChI=1S/C25H31NO4/c1-24(2,3)30-23(27)26-21-14-25(28,15-22(26)17-29-16-21)13-18-9-11-20(12-10-18)19-7-5-4-6-8-19/h4-12,21-22,28H,13-17H2,1-3H3. The van der Waals surface area contributed by atoms with Crippen molar-refractivity contribution in [1.82, 2.24) is 4.90 Å². The third-order valence-electron chi connectivity index (χ3n) is 5.84. The van der Waals surface area contributed by atoms with Crippen molar-refractivity contribution in [2.24, 2.45) is 0 Å². The minimum Gasteiger partial charge on any atom is -0.444 e. The maximum absolute atomic E-state index is 12.7. The van der Waals surface area contributed by atoms with E-state index in [-0.39, 0.29) is 18.2 Å². The fraction of sp³-hybridized carbons (Fsp3) is 0.480. The second-order valence-electron chi connectivity index (χ2n) is 9.61.